The number of nitrogen functional groups attached to an aromatic ring is 1. The summed E-state index contributed by atoms with van der Waals surface area (Å²) in [6.45, 7) is 0. The molecule has 0 aliphatic heterocycles. The van der Waals surface area contributed by atoms with Crippen molar-refractivity contribution in [1.29, 1.82) is 0 Å². The zero-order valence-electron chi connectivity index (χ0n) is 15.7. The highest BCUT2D eigenvalue weighted by Gasteiger charge is 2.18. The molecular weight excluding hydrogens is 370 g/mol. The molecule has 2 aromatic carbocycles. The number of methoxy groups -OCH3 is 4. The predicted octanol–water partition coefficient (Wildman–Crippen LogP) is 2.89. The molecule has 8 heteroatoms. The van der Waals surface area contributed by atoms with E-state index >= 15 is 0 Å². The lowest BCUT2D eigenvalue weighted by molar-refractivity contribution is 0.377. The highest BCUT2D eigenvalue weighted by molar-refractivity contribution is 7.93. The summed E-state index contributed by atoms with van der Waals surface area (Å²) in [5.41, 5.74) is 7.34. The smallest absolute Gasteiger partial charge is 0.175 e. The molecule has 0 radical (unpaired) electrons. The summed E-state index contributed by atoms with van der Waals surface area (Å²) in [5.74, 6) is 1.55. The van der Waals surface area contributed by atoms with E-state index in [2.05, 4.69) is 0 Å². The van der Waals surface area contributed by atoms with Gasteiger partial charge >= 0.3 is 0 Å². The number of ether oxygens (including phenoxy) is 4. The van der Waals surface area contributed by atoms with Crippen molar-refractivity contribution in [3.8, 4) is 23.0 Å². The Morgan fingerprint density at radius 1 is 0.926 bits per heavy atom. The van der Waals surface area contributed by atoms with Crippen LogP contribution >= 0.6 is 0 Å². The van der Waals surface area contributed by atoms with E-state index in [1.54, 1.807) is 37.4 Å². The van der Waals surface area contributed by atoms with E-state index in [1.165, 1.54) is 27.4 Å². The Hall–Kier alpha value is -2.87. The number of hydrogen-bond donors (Lipinski definition) is 1. The number of nitrogens with two attached hydrogens (primary N) is 1. The maximum absolute atomic E-state index is 12.5. The van der Waals surface area contributed by atoms with E-state index in [9.17, 15) is 8.42 Å². The van der Waals surface area contributed by atoms with Crippen molar-refractivity contribution in [2.75, 3.05) is 34.2 Å². The predicted molar refractivity (Wildman–Crippen MR) is 105 cm³/mol. The molecule has 0 atom stereocenters. The van der Waals surface area contributed by atoms with Crippen molar-refractivity contribution < 1.29 is 27.4 Å². The van der Waals surface area contributed by atoms with E-state index in [0.29, 0.717) is 28.4 Å². The van der Waals surface area contributed by atoms with Gasteiger partial charge in [-0.3, -0.25) is 0 Å². The average molecular weight is 393 g/mol. The normalized spacial score (nSPS) is 11.4. The van der Waals surface area contributed by atoms with Gasteiger partial charge in [0.1, 0.15) is 22.9 Å². The monoisotopic (exact) mass is 393 g/mol. The third kappa shape index (κ3) is 4.85. The van der Waals surface area contributed by atoms with Gasteiger partial charge in [-0.15, -0.1) is 0 Å². The minimum atomic E-state index is -3.54. The second kappa shape index (κ2) is 8.68. The van der Waals surface area contributed by atoms with Gasteiger partial charge in [-0.1, -0.05) is 12.1 Å². The molecule has 0 unspecified atom stereocenters. The number of hydrogen-bond acceptors (Lipinski definition) is 7. The lowest BCUT2D eigenvalue weighted by Crippen LogP contribution is -2.02. The maximum Gasteiger partial charge on any atom is 0.175 e. The molecule has 0 aromatic heterocycles. The van der Waals surface area contributed by atoms with E-state index in [1.807, 2.05) is 0 Å². The fraction of sp³-hybridized carbons (Fsp3) is 0.263. The third-order valence-corrected chi connectivity index (χ3v) is 5.18. The molecule has 0 fully saturated rings. The van der Waals surface area contributed by atoms with Crippen LogP contribution in [0, 0.1) is 0 Å². The lowest BCUT2D eigenvalue weighted by atomic mass is 10.1. The second-order valence-corrected chi connectivity index (χ2v) is 7.49. The maximum atomic E-state index is 12.5. The first-order valence-electron chi connectivity index (χ1n) is 7.97. The molecule has 0 spiro atoms. The van der Waals surface area contributed by atoms with Crippen LogP contribution in [-0.4, -0.2) is 36.9 Å². The first-order valence-corrected chi connectivity index (χ1v) is 9.69. The molecule has 0 aliphatic rings. The Labute approximate surface area is 159 Å². The summed E-state index contributed by atoms with van der Waals surface area (Å²) in [5, 5.41) is 1.11. The van der Waals surface area contributed by atoms with Gasteiger partial charge in [-0.25, -0.2) is 8.42 Å². The Balaban J connectivity index is 2.36. The van der Waals surface area contributed by atoms with Crippen molar-refractivity contribution in [2.24, 2.45) is 0 Å². The molecule has 27 heavy (non-hydrogen) atoms. The van der Waals surface area contributed by atoms with Gasteiger partial charge in [-0.2, -0.15) is 0 Å². The minimum Gasteiger partial charge on any atom is -0.497 e. The van der Waals surface area contributed by atoms with E-state index in [4.69, 9.17) is 24.7 Å². The molecule has 7 nitrogen and oxygen atoms in total. The number of anilines is 1. The molecular formula is C19H23NO6S. The molecule has 0 heterocycles. The zero-order valence-corrected chi connectivity index (χ0v) is 16.5. The first kappa shape index (κ1) is 20.4. The zero-order chi connectivity index (χ0) is 20.0. The summed E-state index contributed by atoms with van der Waals surface area (Å²) in [6.07, 6.45) is 1.41. The van der Waals surface area contributed by atoms with Crippen LogP contribution in [0.5, 0.6) is 23.0 Å². The SMILES string of the molecule is COc1ccc(CS(=O)(=O)C=Cc2c(OC)cc(OC)c(N)c2OC)cc1. The van der Waals surface area contributed by atoms with Crippen LogP contribution in [0.2, 0.25) is 0 Å². The molecule has 0 bridgehead atoms. The standard InChI is InChI=1S/C19H23NO6S/c1-23-14-7-5-13(6-8-14)12-27(21,22)10-9-15-16(24-2)11-17(25-3)18(20)19(15)26-4/h5-11H,12,20H2,1-4H3. The van der Waals surface area contributed by atoms with E-state index < -0.39 is 9.84 Å². The van der Waals surface area contributed by atoms with Gasteiger partial charge in [0, 0.05) is 11.5 Å². The second-order valence-electron chi connectivity index (χ2n) is 5.60. The van der Waals surface area contributed by atoms with Crippen molar-refractivity contribution in [3.63, 3.8) is 0 Å². The molecule has 0 amide bonds. The van der Waals surface area contributed by atoms with Gasteiger partial charge in [-0.05, 0) is 23.8 Å². The van der Waals surface area contributed by atoms with E-state index in [0.717, 1.165) is 5.41 Å². The lowest BCUT2D eigenvalue weighted by Gasteiger charge is -2.15. The average Bonchev–Trinajstić information content (AvgIpc) is 2.66. The van der Waals surface area contributed by atoms with Crippen LogP contribution in [0.4, 0.5) is 5.69 Å². The molecule has 0 saturated carbocycles. The van der Waals surface area contributed by atoms with Crippen molar-refractivity contribution in [1.82, 2.24) is 0 Å². The summed E-state index contributed by atoms with van der Waals surface area (Å²) in [6, 6.07) is 8.41. The van der Waals surface area contributed by atoms with Crippen LogP contribution in [0.3, 0.4) is 0 Å². The fourth-order valence-corrected chi connectivity index (χ4v) is 3.63. The summed E-state index contributed by atoms with van der Waals surface area (Å²) in [4.78, 5) is 0. The third-order valence-electron chi connectivity index (χ3n) is 3.90. The quantitative estimate of drug-likeness (QED) is 0.689. The Bertz CT molecular complexity index is 920. The molecule has 2 N–H and O–H groups in total. The van der Waals surface area contributed by atoms with Gasteiger partial charge in [0.2, 0.25) is 0 Å². The Morgan fingerprint density at radius 2 is 1.56 bits per heavy atom. The van der Waals surface area contributed by atoms with Gasteiger partial charge in [0.15, 0.2) is 15.6 Å². The Kier molecular flexibility index (Phi) is 6.57. The molecule has 0 aliphatic carbocycles. The highest BCUT2D eigenvalue weighted by atomic mass is 32.2. The summed E-state index contributed by atoms with van der Waals surface area (Å²) in [7, 11) is 2.39. The fourth-order valence-electron chi connectivity index (χ4n) is 2.53. The molecule has 2 rings (SSSR count). The number of sulfone groups is 1. The summed E-state index contributed by atoms with van der Waals surface area (Å²) >= 11 is 0. The van der Waals surface area contributed by atoms with E-state index in [-0.39, 0.29) is 17.2 Å². The van der Waals surface area contributed by atoms with Crippen LogP contribution in [0.15, 0.2) is 35.7 Å². The first-order chi connectivity index (χ1) is 12.8. The number of benzene rings is 2. The van der Waals surface area contributed by atoms with Gasteiger partial charge < -0.3 is 24.7 Å². The van der Waals surface area contributed by atoms with Crippen LogP contribution in [0.25, 0.3) is 6.08 Å². The van der Waals surface area contributed by atoms with Crippen LogP contribution in [0.1, 0.15) is 11.1 Å². The number of rotatable bonds is 8. The summed E-state index contributed by atoms with van der Waals surface area (Å²) < 4.78 is 45.9. The van der Waals surface area contributed by atoms with Gasteiger partial charge in [0.05, 0.1) is 39.8 Å². The minimum absolute atomic E-state index is 0.149. The van der Waals surface area contributed by atoms with Gasteiger partial charge in [0.25, 0.3) is 0 Å². The molecule has 2 aromatic rings. The van der Waals surface area contributed by atoms with Crippen molar-refractivity contribution in [3.05, 3.63) is 46.9 Å². The van der Waals surface area contributed by atoms with Crippen LogP contribution < -0.4 is 24.7 Å². The topological polar surface area (TPSA) is 97.1 Å². The van der Waals surface area contributed by atoms with Crippen molar-refractivity contribution in [2.45, 2.75) is 5.75 Å². The highest BCUT2D eigenvalue weighted by Crippen LogP contribution is 2.42. The molecule has 146 valence electrons. The van der Waals surface area contributed by atoms with Crippen LogP contribution in [-0.2, 0) is 15.6 Å². The van der Waals surface area contributed by atoms with Crippen molar-refractivity contribution >= 4 is 21.6 Å². The molecule has 0 saturated heterocycles. The Morgan fingerprint density at radius 3 is 2.07 bits per heavy atom. The largest absolute Gasteiger partial charge is 0.497 e.